The van der Waals surface area contributed by atoms with E-state index in [1.165, 1.54) is 16.1 Å². The lowest BCUT2D eigenvalue weighted by Gasteiger charge is -2.24. The van der Waals surface area contributed by atoms with E-state index in [2.05, 4.69) is 27.6 Å². The number of carbonyl (C=O) groups is 1. The first-order valence-electron chi connectivity index (χ1n) is 10.4. The maximum atomic E-state index is 12.5. The summed E-state index contributed by atoms with van der Waals surface area (Å²) >= 11 is 0. The van der Waals surface area contributed by atoms with Crippen molar-refractivity contribution in [3.05, 3.63) is 47.6 Å². The summed E-state index contributed by atoms with van der Waals surface area (Å²) in [6.45, 7) is 2.49. The molecule has 8 nitrogen and oxygen atoms in total. The Morgan fingerprint density at radius 1 is 1.33 bits per heavy atom. The first-order chi connectivity index (χ1) is 14.3. The summed E-state index contributed by atoms with van der Waals surface area (Å²) in [6.07, 6.45) is 4.68. The molecule has 2 aromatic rings. The zero-order valence-corrected chi connectivity index (χ0v) is 18.2. The second kappa shape index (κ2) is 8.11. The molecule has 2 heterocycles. The van der Waals surface area contributed by atoms with Crippen LogP contribution < -0.4 is 5.32 Å². The monoisotopic (exact) mass is 432 g/mol. The molecule has 0 unspecified atom stereocenters. The molecule has 1 aromatic heterocycles. The normalized spacial score (nSPS) is 26.6. The molecule has 0 radical (unpaired) electrons. The van der Waals surface area contributed by atoms with Gasteiger partial charge in [-0.3, -0.25) is 4.79 Å². The van der Waals surface area contributed by atoms with Gasteiger partial charge in [-0.2, -0.15) is 4.98 Å². The second-order valence-corrected chi connectivity index (χ2v) is 10.6. The molecule has 1 saturated carbocycles. The van der Waals surface area contributed by atoms with Crippen LogP contribution in [0.25, 0.3) is 0 Å². The zero-order valence-electron chi connectivity index (χ0n) is 17.4. The van der Waals surface area contributed by atoms with Gasteiger partial charge < -0.3 is 9.84 Å². The first kappa shape index (κ1) is 21.0. The molecule has 2 aliphatic rings. The van der Waals surface area contributed by atoms with Crippen molar-refractivity contribution >= 4 is 15.9 Å². The van der Waals surface area contributed by atoms with Crippen molar-refractivity contribution in [2.24, 2.45) is 5.92 Å². The Morgan fingerprint density at radius 2 is 2.10 bits per heavy atom. The highest BCUT2D eigenvalue weighted by molar-refractivity contribution is 7.88. The highest BCUT2D eigenvalue weighted by Crippen LogP contribution is 2.50. The highest BCUT2D eigenvalue weighted by Gasteiger charge is 2.58. The largest absolute Gasteiger partial charge is 0.353 e. The van der Waals surface area contributed by atoms with E-state index in [1.54, 1.807) is 6.92 Å². The lowest BCUT2D eigenvalue weighted by atomic mass is 9.80. The number of benzene rings is 1. The fourth-order valence-corrected chi connectivity index (χ4v) is 5.83. The molecule has 162 valence electrons. The molecule has 4 rings (SSSR count). The minimum absolute atomic E-state index is 0.0202. The minimum atomic E-state index is -3.31. The Kier molecular flexibility index (Phi) is 5.67. The molecule has 1 amide bonds. The van der Waals surface area contributed by atoms with E-state index in [0.29, 0.717) is 44.1 Å². The number of carbonyl (C=O) groups excluding carboxylic acids is 1. The van der Waals surface area contributed by atoms with Crippen molar-refractivity contribution < 1.29 is 17.7 Å². The first-order valence-corrected chi connectivity index (χ1v) is 12.2. The van der Waals surface area contributed by atoms with Crippen LogP contribution >= 0.6 is 0 Å². The van der Waals surface area contributed by atoms with Crippen LogP contribution in [0.5, 0.6) is 0 Å². The minimum Gasteiger partial charge on any atom is -0.353 e. The van der Waals surface area contributed by atoms with Crippen LogP contribution in [0.1, 0.15) is 43.0 Å². The van der Waals surface area contributed by atoms with Crippen molar-refractivity contribution in [1.29, 1.82) is 0 Å². The number of nitrogens with one attached hydrogen (secondary N) is 1. The summed E-state index contributed by atoms with van der Waals surface area (Å²) in [5.41, 5.74) is 0.694. The Balaban J connectivity index is 1.39. The van der Waals surface area contributed by atoms with Gasteiger partial charge in [0, 0.05) is 25.6 Å². The van der Waals surface area contributed by atoms with Gasteiger partial charge in [-0.1, -0.05) is 35.5 Å². The van der Waals surface area contributed by atoms with Crippen LogP contribution in [-0.2, 0) is 26.7 Å². The van der Waals surface area contributed by atoms with Gasteiger partial charge in [0.2, 0.25) is 21.8 Å². The van der Waals surface area contributed by atoms with Gasteiger partial charge in [0.05, 0.1) is 11.7 Å². The van der Waals surface area contributed by atoms with E-state index in [4.69, 9.17) is 4.52 Å². The number of sulfonamides is 1. The molecule has 1 aromatic carbocycles. The van der Waals surface area contributed by atoms with E-state index in [0.717, 1.165) is 12.8 Å². The molecule has 30 heavy (non-hydrogen) atoms. The van der Waals surface area contributed by atoms with Crippen molar-refractivity contribution in [3.8, 4) is 0 Å². The molecule has 9 heteroatoms. The summed E-state index contributed by atoms with van der Waals surface area (Å²) in [4.78, 5) is 16.9. The molecule has 1 aliphatic carbocycles. The number of aryl methyl sites for hydroxylation is 2. The zero-order chi connectivity index (χ0) is 21.4. The Bertz CT molecular complexity index is 1010. The second-order valence-electron chi connectivity index (χ2n) is 8.60. The van der Waals surface area contributed by atoms with Gasteiger partial charge >= 0.3 is 0 Å². The van der Waals surface area contributed by atoms with Crippen molar-refractivity contribution in [2.45, 2.75) is 50.5 Å². The molecule has 0 bridgehead atoms. The average Bonchev–Trinajstić information content (AvgIpc) is 3.35. The maximum absolute atomic E-state index is 12.5. The van der Waals surface area contributed by atoms with Gasteiger partial charge in [0.25, 0.3) is 0 Å². The summed E-state index contributed by atoms with van der Waals surface area (Å²) in [6, 6.07) is 10.1. The van der Waals surface area contributed by atoms with E-state index >= 15 is 0 Å². The van der Waals surface area contributed by atoms with E-state index in [-0.39, 0.29) is 17.9 Å². The number of hydrogen-bond donors (Lipinski definition) is 1. The molecule has 0 spiro atoms. The number of amides is 1. The molecule has 1 aliphatic heterocycles. The standard InChI is InChI=1S/C21H28N4O4S/c1-15-22-20(29-24-15)21-12-18(11-17(21)13-25(14-21)30(2,27)28)23-19(26)10-6-9-16-7-4-3-5-8-16/h3-5,7-8,17-18H,6,9-14H2,1-2H3,(H,23,26)/t17-,18+,21-/m0/s1. The fourth-order valence-electron chi connectivity index (χ4n) is 4.92. The number of hydrogen-bond acceptors (Lipinski definition) is 6. The Labute approximate surface area is 177 Å². The van der Waals surface area contributed by atoms with Crippen molar-refractivity contribution in [1.82, 2.24) is 19.8 Å². The summed E-state index contributed by atoms with van der Waals surface area (Å²) < 4.78 is 31.2. The van der Waals surface area contributed by atoms with Crippen molar-refractivity contribution in [3.63, 3.8) is 0 Å². The summed E-state index contributed by atoms with van der Waals surface area (Å²) in [7, 11) is -3.31. The summed E-state index contributed by atoms with van der Waals surface area (Å²) in [5, 5.41) is 7.07. The van der Waals surface area contributed by atoms with Crippen LogP contribution in [0.4, 0.5) is 0 Å². The van der Waals surface area contributed by atoms with Crippen LogP contribution in [-0.4, -0.2) is 54.2 Å². The number of nitrogens with zero attached hydrogens (tertiary/aromatic N) is 3. The van der Waals surface area contributed by atoms with Crippen LogP contribution in [0.15, 0.2) is 34.9 Å². The fraction of sp³-hybridized carbons (Fsp3) is 0.571. The van der Waals surface area contributed by atoms with Gasteiger partial charge in [0.15, 0.2) is 5.82 Å². The SMILES string of the molecule is Cc1noc([C@]23C[C@H](NC(=O)CCCc4ccccc4)C[C@H]2CN(S(C)(=O)=O)C3)n1. The van der Waals surface area contributed by atoms with Crippen LogP contribution in [0, 0.1) is 12.8 Å². The Hall–Kier alpha value is -2.26. The van der Waals surface area contributed by atoms with E-state index in [9.17, 15) is 13.2 Å². The molecular formula is C21H28N4O4S. The lowest BCUT2D eigenvalue weighted by molar-refractivity contribution is -0.121. The maximum Gasteiger partial charge on any atom is 0.234 e. The molecule has 1 N–H and O–H groups in total. The lowest BCUT2D eigenvalue weighted by Crippen LogP contribution is -2.39. The average molecular weight is 433 g/mol. The molecule has 1 saturated heterocycles. The highest BCUT2D eigenvalue weighted by atomic mass is 32.2. The third-order valence-corrected chi connectivity index (χ3v) is 7.56. The van der Waals surface area contributed by atoms with Gasteiger partial charge in [-0.25, -0.2) is 12.7 Å². The third kappa shape index (κ3) is 4.27. The molecule has 3 atom stereocenters. The Morgan fingerprint density at radius 3 is 2.77 bits per heavy atom. The predicted molar refractivity (Wildman–Crippen MR) is 111 cm³/mol. The number of fused-ring (bicyclic) bond motifs is 1. The molecular weight excluding hydrogens is 404 g/mol. The predicted octanol–water partition coefficient (Wildman–Crippen LogP) is 1.81. The third-order valence-electron chi connectivity index (χ3n) is 6.34. The van der Waals surface area contributed by atoms with E-state index < -0.39 is 15.4 Å². The summed E-state index contributed by atoms with van der Waals surface area (Å²) in [5.74, 6) is 1.09. The van der Waals surface area contributed by atoms with Gasteiger partial charge in [-0.05, 0) is 44.1 Å². The van der Waals surface area contributed by atoms with Gasteiger partial charge in [0.1, 0.15) is 0 Å². The van der Waals surface area contributed by atoms with Crippen LogP contribution in [0.2, 0.25) is 0 Å². The van der Waals surface area contributed by atoms with E-state index in [1.807, 2.05) is 18.2 Å². The number of rotatable bonds is 7. The molecule has 2 fully saturated rings. The topological polar surface area (TPSA) is 105 Å². The van der Waals surface area contributed by atoms with Gasteiger partial charge in [-0.15, -0.1) is 0 Å². The quantitative estimate of drug-likeness (QED) is 0.715. The number of aromatic nitrogens is 2. The smallest absolute Gasteiger partial charge is 0.234 e. The van der Waals surface area contributed by atoms with Crippen LogP contribution in [0.3, 0.4) is 0 Å². The van der Waals surface area contributed by atoms with Crippen molar-refractivity contribution in [2.75, 3.05) is 19.3 Å².